The molecule has 1 atom stereocenters. The van der Waals surface area contributed by atoms with E-state index < -0.39 is 0 Å². The first kappa shape index (κ1) is 10.4. The van der Waals surface area contributed by atoms with E-state index in [1.807, 2.05) is 31.2 Å². The summed E-state index contributed by atoms with van der Waals surface area (Å²) in [6.45, 7) is 2.20. The fourth-order valence-electron chi connectivity index (χ4n) is 0.924. The molecule has 0 radical (unpaired) electrons. The highest BCUT2D eigenvalue weighted by Crippen LogP contribution is 2.24. The zero-order valence-corrected chi connectivity index (χ0v) is 8.67. The Bertz CT molecular complexity index is 246. The van der Waals surface area contributed by atoms with Crippen LogP contribution in [0.5, 0.6) is 5.75 Å². The first-order valence-corrected chi connectivity index (χ1v) is 5.06. The number of methoxy groups -OCH3 is 1. The van der Waals surface area contributed by atoms with E-state index in [2.05, 4.69) is 0 Å². The zero-order chi connectivity index (χ0) is 9.68. The second kappa shape index (κ2) is 5.14. The van der Waals surface area contributed by atoms with Gasteiger partial charge < -0.3 is 9.84 Å². The summed E-state index contributed by atoms with van der Waals surface area (Å²) in [5, 5.41) is 9.10. The van der Waals surface area contributed by atoms with Crippen molar-refractivity contribution in [3.63, 3.8) is 0 Å². The van der Waals surface area contributed by atoms with E-state index in [4.69, 9.17) is 9.84 Å². The smallest absolute Gasteiger partial charge is 0.118 e. The number of benzene rings is 1. The second-order valence-electron chi connectivity index (χ2n) is 2.79. The van der Waals surface area contributed by atoms with Crippen molar-refractivity contribution in [3.8, 4) is 5.75 Å². The SMILES string of the molecule is COc1ccc(SC(C)CO)cc1. The Morgan fingerprint density at radius 2 is 2.00 bits per heavy atom. The van der Waals surface area contributed by atoms with E-state index in [-0.39, 0.29) is 11.9 Å². The Hall–Kier alpha value is -0.670. The molecule has 13 heavy (non-hydrogen) atoms. The van der Waals surface area contributed by atoms with Crippen LogP contribution in [0.4, 0.5) is 0 Å². The van der Waals surface area contributed by atoms with Crippen molar-refractivity contribution in [2.45, 2.75) is 17.1 Å². The Kier molecular flexibility index (Phi) is 4.12. The van der Waals surface area contributed by atoms with Crippen molar-refractivity contribution < 1.29 is 9.84 Å². The second-order valence-corrected chi connectivity index (χ2v) is 4.30. The van der Waals surface area contributed by atoms with Crippen molar-refractivity contribution in [2.24, 2.45) is 0 Å². The van der Waals surface area contributed by atoms with Crippen LogP contribution in [-0.2, 0) is 0 Å². The van der Waals surface area contributed by atoms with Gasteiger partial charge in [-0.25, -0.2) is 0 Å². The Labute approximate surface area is 82.9 Å². The van der Waals surface area contributed by atoms with Gasteiger partial charge in [0.15, 0.2) is 0 Å². The van der Waals surface area contributed by atoms with Gasteiger partial charge in [0, 0.05) is 10.1 Å². The molecular formula is C10H14O2S. The highest BCUT2D eigenvalue weighted by molar-refractivity contribution is 8.00. The molecule has 1 unspecified atom stereocenters. The predicted molar refractivity (Wildman–Crippen MR) is 55.4 cm³/mol. The minimum absolute atomic E-state index is 0.205. The molecular weight excluding hydrogens is 184 g/mol. The molecule has 0 heterocycles. The molecule has 0 fully saturated rings. The minimum atomic E-state index is 0.205. The van der Waals surface area contributed by atoms with Crippen LogP contribution in [0, 0.1) is 0 Å². The summed E-state index contributed by atoms with van der Waals surface area (Å²) in [5.74, 6) is 0.862. The largest absolute Gasteiger partial charge is 0.497 e. The Balaban J connectivity index is 2.58. The Morgan fingerprint density at radius 3 is 2.46 bits per heavy atom. The number of hydrogen-bond donors (Lipinski definition) is 1. The third kappa shape index (κ3) is 3.28. The van der Waals surface area contributed by atoms with Crippen molar-refractivity contribution >= 4 is 11.8 Å². The van der Waals surface area contributed by atoms with Crippen LogP contribution >= 0.6 is 11.8 Å². The summed E-state index contributed by atoms with van der Waals surface area (Å²) in [7, 11) is 1.65. The third-order valence-corrected chi connectivity index (χ3v) is 2.75. The van der Waals surface area contributed by atoms with Crippen LogP contribution in [0.25, 0.3) is 0 Å². The lowest BCUT2D eigenvalue weighted by Gasteiger charge is -2.07. The van der Waals surface area contributed by atoms with Crippen LogP contribution < -0.4 is 4.74 Å². The van der Waals surface area contributed by atoms with E-state index in [1.54, 1.807) is 18.9 Å². The molecule has 0 aliphatic heterocycles. The molecule has 1 rings (SSSR count). The van der Waals surface area contributed by atoms with Gasteiger partial charge in [0.25, 0.3) is 0 Å². The first-order chi connectivity index (χ1) is 6.26. The van der Waals surface area contributed by atoms with E-state index in [9.17, 15) is 0 Å². The average molecular weight is 198 g/mol. The van der Waals surface area contributed by atoms with E-state index in [0.29, 0.717) is 0 Å². The quantitative estimate of drug-likeness (QED) is 0.752. The van der Waals surface area contributed by atoms with Crippen molar-refractivity contribution in [1.82, 2.24) is 0 Å². The molecule has 2 nitrogen and oxygen atoms in total. The van der Waals surface area contributed by atoms with Gasteiger partial charge in [-0.15, -0.1) is 11.8 Å². The number of hydrogen-bond acceptors (Lipinski definition) is 3. The van der Waals surface area contributed by atoms with E-state index >= 15 is 0 Å². The molecule has 1 aromatic carbocycles. The molecule has 3 heteroatoms. The van der Waals surface area contributed by atoms with Crippen LogP contribution in [0.2, 0.25) is 0 Å². The van der Waals surface area contributed by atoms with Crippen LogP contribution in [-0.4, -0.2) is 24.1 Å². The molecule has 72 valence electrons. The molecule has 0 saturated carbocycles. The molecule has 0 aromatic heterocycles. The normalized spacial score (nSPS) is 12.5. The van der Waals surface area contributed by atoms with Crippen LogP contribution in [0.15, 0.2) is 29.2 Å². The molecule has 0 saturated heterocycles. The molecule has 0 spiro atoms. The predicted octanol–water partition coefficient (Wildman–Crippen LogP) is 2.17. The Morgan fingerprint density at radius 1 is 1.38 bits per heavy atom. The van der Waals surface area contributed by atoms with Gasteiger partial charge in [-0.3, -0.25) is 0 Å². The van der Waals surface area contributed by atoms with Crippen molar-refractivity contribution in [1.29, 1.82) is 0 Å². The highest BCUT2D eigenvalue weighted by atomic mass is 32.2. The summed E-state index contributed by atoms with van der Waals surface area (Å²) in [6, 6.07) is 7.84. The van der Waals surface area contributed by atoms with E-state index in [1.165, 1.54) is 0 Å². The van der Waals surface area contributed by atoms with Gasteiger partial charge in [-0.05, 0) is 24.3 Å². The third-order valence-electron chi connectivity index (χ3n) is 1.65. The fraction of sp³-hybridized carbons (Fsp3) is 0.400. The lowest BCUT2D eigenvalue weighted by molar-refractivity contribution is 0.300. The summed E-state index contributed by atoms with van der Waals surface area (Å²) in [5.41, 5.74) is 0. The van der Waals surface area contributed by atoms with E-state index in [0.717, 1.165) is 10.6 Å². The number of aliphatic hydroxyl groups excluding tert-OH is 1. The summed E-state index contributed by atoms with van der Waals surface area (Å²) >= 11 is 1.66. The topological polar surface area (TPSA) is 29.5 Å². The highest BCUT2D eigenvalue weighted by Gasteiger charge is 2.01. The monoisotopic (exact) mass is 198 g/mol. The molecule has 1 N–H and O–H groups in total. The number of aliphatic hydroxyl groups is 1. The molecule has 1 aromatic rings. The summed E-state index contributed by atoms with van der Waals surface area (Å²) in [6.07, 6.45) is 0. The summed E-state index contributed by atoms with van der Waals surface area (Å²) in [4.78, 5) is 1.15. The van der Waals surface area contributed by atoms with Gasteiger partial charge in [-0.1, -0.05) is 6.92 Å². The van der Waals surface area contributed by atoms with Crippen LogP contribution in [0.3, 0.4) is 0 Å². The van der Waals surface area contributed by atoms with Crippen LogP contribution in [0.1, 0.15) is 6.92 Å². The maximum atomic E-state index is 8.85. The van der Waals surface area contributed by atoms with Gasteiger partial charge in [0.1, 0.15) is 5.75 Å². The fourth-order valence-corrected chi connectivity index (χ4v) is 1.76. The zero-order valence-electron chi connectivity index (χ0n) is 7.86. The molecule has 0 bridgehead atoms. The molecule has 0 aliphatic carbocycles. The summed E-state index contributed by atoms with van der Waals surface area (Å²) < 4.78 is 5.04. The lowest BCUT2D eigenvalue weighted by atomic mass is 10.3. The maximum Gasteiger partial charge on any atom is 0.118 e. The molecule has 0 amide bonds. The number of thioether (sulfide) groups is 1. The van der Waals surface area contributed by atoms with Gasteiger partial charge >= 0.3 is 0 Å². The lowest BCUT2D eigenvalue weighted by Crippen LogP contribution is -2.01. The minimum Gasteiger partial charge on any atom is -0.497 e. The maximum absolute atomic E-state index is 8.85. The number of ether oxygens (including phenoxy) is 1. The first-order valence-electron chi connectivity index (χ1n) is 4.18. The average Bonchev–Trinajstić information content (AvgIpc) is 2.19. The molecule has 0 aliphatic rings. The standard InChI is InChI=1S/C10H14O2S/c1-8(7-11)13-10-5-3-9(12-2)4-6-10/h3-6,8,11H,7H2,1-2H3. The van der Waals surface area contributed by atoms with Gasteiger partial charge in [0.2, 0.25) is 0 Å². The number of rotatable bonds is 4. The van der Waals surface area contributed by atoms with Gasteiger partial charge in [0.05, 0.1) is 13.7 Å². The van der Waals surface area contributed by atoms with Crippen molar-refractivity contribution in [3.05, 3.63) is 24.3 Å². The van der Waals surface area contributed by atoms with Crippen molar-refractivity contribution in [2.75, 3.05) is 13.7 Å². The van der Waals surface area contributed by atoms with Gasteiger partial charge in [-0.2, -0.15) is 0 Å².